The molecule has 0 aliphatic rings. The molecule has 4 aromatic carbocycles. The summed E-state index contributed by atoms with van der Waals surface area (Å²) in [5, 5.41) is 6.92. The summed E-state index contributed by atoms with van der Waals surface area (Å²) >= 11 is 0.944. The molecule has 12 heteroatoms. The maximum absolute atomic E-state index is 14.3. The number of nitrogens with one attached hydrogen (secondary N) is 3. The maximum Gasteiger partial charge on any atom is 0.272 e. The second-order valence-electron chi connectivity index (χ2n) is 8.56. The second-order valence-corrected chi connectivity index (χ2v) is 9.61. The monoisotopic (exact) mass is 597 g/mol. The van der Waals surface area contributed by atoms with E-state index < -0.39 is 52.5 Å². The van der Waals surface area contributed by atoms with Gasteiger partial charge in [0.05, 0.1) is 5.75 Å². The zero-order chi connectivity index (χ0) is 30.2. The molecule has 4 aromatic rings. The van der Waals surface area contributed by atoms with Crippen LogP contribution in [-0.2, 0) is 9.59 Å². The molecule has 0 heterocycles. The summed E-state index contributed by atoms with van der Waals surface area (Å²) in [6, 6.07) is 19.9. The minimum absolute atomic E-state index is 0.0331. The molecule has 0 radical (unpaired) electrons. The highest BCUT2D eigenvalue weighted by Crippen LogP contribution is 2.26. The van der Waals surface area contributed by atoms with Crippen molar-refractivity contribution >= 4 is 46.9 Å². The molecule has 0 saturated heterocycles. The lowest BCUT2D eigenvalue weighted by Gasteiger charge is -2.12. The summed E-state index contributed by atoms with van der Waals surface area (Å²) in [5.41, 5.74) is -0.807. The van der Waals surface area contributed by atoms with Gasteiger partial charge in [0.2, 0.25) is 5.91 Å². The van der Waals surface area contributed by atoms with Crippen molar-refractivity contribution in [3.05, 3.63) is 131 Å². The number of amides is 3. The molecule has 0 aliphatic heterocycles. The van der Waals surface area contributed by atoms with Gasteiger partial charge in [0.1, 0.15) is 17.2 Å². The first-order chi connectivity index (χ1) is 20.1. The molecule has 0 unspecified atom stereocenters. The molecular weight excluding hydrogens is 577 g/mol. The van der Waals surface area contributed by atoms with Crippen LogP contribution in [0.2, 0.25) is 0 Å². The van der Waals surface area contributed by atoms with Crippen LogP contribution >= 0.6 is 11.8 Å². The molecule has 0 saturated carbocycles. The van der Waals surface area contributed by atoms with E-state index in [1.165, 1.54) is 48.5 Å². The van der Waals surface area contributed by atoms with Gasteiger partial charge in [-0.05, 0) is 48.5 Å². The van der Waals surface area contributed by atoms with Crippen molar-refractivity contribution in [1.82, 2.24) is 5.32 Å². The second kappa shape index (κ2) is 13.6. The van der Waals surface area contributed by atoms with E-state index in [4.69, 9.17) is 0 Å². The Morgan fingerprint density at radius 3 is 1.98 bits per heavy atom. The summed E-state index contributed by atoms with van der Waals surface area (Å²) in [7, 11) is 0. The van der Waals surface area contributed by atoms with Crippen molar-refractivity contribution in [2.75, 3.05) is 16.4 Å². The summed E-state index contributed by atoms with van der Waals surface area (Å²) in [5.74, 6) is -9.96. The molecule has 4 rings (SSSR count). The van der Waals surface area contributed by atoms with E-state index in [9.17, 15) is 36.3 Å². The Bertz CT molecular complexity index is 1640. The number of carbonyl (C=O) groups is 3. The highest BCUT2D eigenvalue weighted by molar-refractivity contribution is 8.00. The molecule has 0 aliphatic carbocycles. The fraction of sp³-hybridized carbons (Fsp3) is 0.0333. The summed E-state index contributed by atoms with van der Waals surface area (Å²) in [6.45, 7) is 0. The number of thioether (sulfide) groups is 1. The molecule has 3 N–H and O–H groups in total. The largest absolute Gasteiger partial charge is 0.321 e. The third-order valence-electron chi connectivity index (χ3n) is 5.59. The number of rotatable bonds is 9. The third-order valence-corrected chi connectivity index (χ3v) is 6.60. The van der Waals surface area contributed by atoms with E-state index >= 15 is 0 Å². The number of carbonyl (C=O) groups excluding carboxylic acids is 3. The van der Waals surface area contributed by atoms with Crippen LogP contribution in [-0.4, -0.2) is 23.5 Å². The van der Waals surface area contributed by atoms with Gasteiger partial charge in [-0.25, -0.2) is 22.0 Å². The molecular formula is C30H20F5N3O3S. The number of halogens is 5. The van der Waals surface area contributed by atoms with Crippen molar-refractivity contribution < 1.29 is 36.3 Å². The Morgan fingerprint density at radius 1 is 0.714 bits per heavy atom. The number of benzene rings is 4. The zero-order valence-corrected chi connectivity index (χ0v) is 22.2. The average molecular weight is 598 g/mol. The first-order valence-electron chi connectivity index (χ1n) is 12.1. The van der Waals surface area contributed by atoms with Gasteiger partial charge in [-0.15, -0.1) is 11.8 Å². The zero-order valence-electron chi connectivity index (χ0n) is 21.4. The molecule has 42 heavy (non-hydrogen) atoms. The Balaban J connectivity index is 1.42. The smallest absolute Gasteiger partial charge is 0.272 e. The molecule has 0 fully saturated rings. The normalized spacial score (nSPS) is 11.1. The van der Waals surface area contributed by atoms with Gasteiger partial charge in [0.25, 0.3) is 11.8 Å². The predicted octanol–water partition coefficient (Wildman–Crippen LogP) is 6.52. The summed E-state index contributed by atoms with van der Waals surface area (Å²) < 4.78 is 68.6. The molecule has 0 spiro atoms. The van der Waals surface area contributed by atoms with Gasteiger partial charge in [0, 0.05) is 27.8 Å². The minimum Gasteiger partial charge on any atom is -0.321 e. The number of anilines is 2. The van der Waals surface area contributed by atoms with Gasteiger partial charge >= 0.3 is 0 Å². The van der Waals surface area contributed by atoms with Crippen molar-refractivity contribution in [2.45, 2.75) is 4.90 Å². The average Bonchev–Trinajstić information content (AvgIpc) is 2.99. The molecule has 0 bridgehead atoms. The lowest BCUT2D eigenvalue weighted by atomic mass is 10.1. The number of hydrogen-bond acceptors (Lipinski definition) is 4. The highest BCUT2D eigenvalue weighted by atomic mass is 32.2. The summed E-state index contributed by atoms with van der Waals surface area (Å²) in [4.78, 5) is 38.4. The van der Waals surface area contributed by atoms with Gasteiger partial charge in [-0.1, -0.05) is 36.4 Å². The molecule has 214 valence electrons. The van der Waals surface area contributed by atoms with Gasteiger partial charge in [-0.3, -0.25) is 14.4 Å². The van der Waals surface area contributed by atoms with Gasteiger partial charge < -0.3 is 16.0 Å². The van der Waals surface area contributed by atoms with Crippen molar-refractivity contribution in [2.24, 2.45) is 0 Å². The van der Waals surface area contributed by atoms with Crippen LogP contribution in [0.25, 0.3) is 6.08 Å². The Hall–Kier alpha value is -4.97. The molecule has 0 atom stereocenters. The fourth-order valence-corrected chi connectivity index (χ4v) is 4.23. The van der Waals surface area contributed by atoms with Crippen molar-refractivity contribution in [3.8, 4) is 0 Å². The van der Waals surface area contributed by atoms with E-state index in [0.29, 0.717) is 10.6 Å². The predicted molar refractivity (Wildman–Crippen MR) is 149 cm³/mol. The van der Waals surface area contributed by atoms with Crippen LogP contribution in [0.1, 0.15) is 15.9 Å². The van der Waals surface area contributed by atoms with Crippen LogP contribution in [0.15, 0.2) is 95.5 Å². The van der Waals surface area contributed by atoms with Crippen molar-refractivity contribution in [1.29, 1.82) is 0 Å². The van der Waals surface area contributed by atoms with E-state index in [1.807, 2.05) is 5.32 Å². The first kappa shape index (κ1) is 30.0. The lowest BCUT2D eigenvalue weighted by Crippen LogP contribution is -2.30. The molecule has 3 amide bonds. The molecule has 0 aromatic heterocycles. The van der Waals surface area contributed by atoms with Crippen LogP contribution < -0.4 is 16.0 Å². The van der Waals surface area contributed by atoms with E-state index in [-0.39, 0.29) is 28.6 Å². The fourth-order valence-electron chi connectivity index (χ4n) is 3.53. The SMILES string of the molecule is O=C(CSc1ccc(NC(=O)/C(=C/c2ccccc2F)NC(=O)c2ccccc2)cc1)Nc1c(F)c(F)cc(F)c1F. The van der Waals surface area contributed by atoms with E-state index in [1.54, 1.807) is 36.4 Å². The molecule has 6 nitrogen and oxygen atoms in total. The third kappa shape index (κ3) is 7.61. The number of hydrogen-bond donors (Lipinski definition) is 3. The standard InChI is InChI=1S/C30H20F5N3O3S/c31-21-9-5-4-8-18(21)14-24(37-29(40)17-6-2-1-3-7-17)30(41)36-19-10-12-20(13-11-19)42-16-25(39)38-28-26(34)22(32)15-23(33)27(28)35/h1-15H,16H2,(H,36,41)(H,37,40)(H,38,39)/b24-14-. The Labute approximate surface area is 240 Å². The topological polar surface area (TPSA) is 87.3 Å². The van der Waals surface area contributed by atoms with Crippen LogP contribution in [0.4, 0.5) is 33.3 Å². The summed E-state index contributed by atoms with van der Waals surface area (Å²) in [6.07, 6.45) is 1.20. The van der Waals surface area contributed by atoms with E-state index in [0.717, 1.165) is 11.8 Å². The lowest BCUT2D eigenvalue weighted by molar-refractivity contribution is -0.114. The minimum atomic E-state index is -1.73. The van der Waals surface area contributed by atoms with Gasteiger partial charge in [0.15, 0.2) is 23.3 Å². The van der Waals surface area contributed by atoms with Crippen LogP contribution in [0, 0.1) is 29.1 Å². The Kier molecular flexibility index (Phi) is 9.71. The van der Waals surface area contributed by atoms with Crippen LogP contribution in [0.5, 0.6) is 0 Å². The maximum atomic E-state index is 14.3. The van der Waals surface area contributed by atoms with Crippen molar-refractivity contribution in [3.63, 3.8) is 0 Å². The van der Waals surface area contributed by atoms with Crippen LogP contribution in [0.3, 0.4) is 0 Å². The van der Waals surface area contributed by atoms with Gasteiger partial charge in [-0.2, -0.15) is 0 Å². The Morgan fingerprint density at radius 2 is 1.33 bits per heavy atom. The highest BCUT2D eigenvalue weighted by Gasteiger charge is 2.21. The quantitative estimate of drug-likeness (QED) is 0.0888. The van der Waals surface area contributed by atoms with E-state index in [2.05, 4.69) is 10.6 Å². The first-order valence-corrected chi connectivity index (χ1v) is 13.1.